The van der Waals surface area contributed by atoms with Gasteiger partial charge in [0.15, 0.2) is 0 Å². The minimum absolute atomic E-state index is 0.128. The van der Waals surface area contributed by atoms with Crippen LogP contribution in [0.1, 0.15) is 35.2 Å². The Morgan fingerprint density at radius 1 is 1.42 bits per heavy atom. The lowest BCUT2D eigenvalue weighted by atomic mass is 9.93. The van der Waals surface area contributed by atoms with Gasteiger partial charge in [0.25, 0.3) is 5.91 Å². The fourth-order valence-electron chi connectivity index (χ4n) is 2.63. The summed E-state index contributed by atoms with van der Waals surface area (Å²) in [4.78, 5) is 18.4. The van der Waals surface area contributed by atoms with Gasteiger partial charge in [-0.3, -0.25) is 9.78 Å². The first-order valence-corrected chi connectivity index (χ1v) is 7.06. The molecule has 19 heavy (non-hydrogen) atoms. The molecule has 1 aromatic rings. The summed E-state index contributed by atoms with van der Waals surface area (Å²) in [5, 5.41) is 3.19. The molecule has 2 heterocycles. The second-order valence-corrected chi connectivity index (χ2v) is 5.38. The smallest absolute Gasteiger partial charge is 0.255 e. The van der Waals surface area contributed by atoms with Crippen LogP contribution in [0.2, 0.25) is 0 Å². The molecule has 1 saturated heterocycles. The molecule has 1 aromatic heterocycles. The lowest BCUT2D eigenvalue weighted by Crippen LogP contribution is -2.39. The van der Waals surface area contributed by atoms with E-state index in [1.807, 2.05) is 24.9 Å². The van der Waals surface area contributed by atoms with Crippen molar-refractivity contribution in [3.8, 4) is 0 Å². The molecule has 4 heteroatoms. The van der Waals surface area contributed by atoms with Crippen LogP contribution < -0.4 is 5.32 Å². The number of amides is 1. The average molecular weight is 261 g/mol. The van der Waals surface area contributed by atoms with Gasteiger partial charge in [-0.1, -0.05) is 0 Å². The highest BCUT2D eigenvalue weighted by atomic mass is 16.2. The zero-order valence-electron chi connectivity index (χ0n) is 11.9. The fraction of sp³-hybridized carbons (Fsp3) is 0.600. The third-order valence-electron chi connectivity index (χ3n) is 3.83. The molecule has 0 radical (unpaired) electrons. The molecule has 4 nitrogen and oxygen atoms in total. The first-order chi connectivity index (χ1) is 9.20. The van der Waals surface area contributed by atoms with Crippen LogP contribution in [0.5, 0.6) is 0 Å². The minimum Gasteiger partial charge on any atom is -0.339 e. The summed E-state index contributed by atoms with van der Waals surface area (Å²) in [5.41, 5.74) is 1.75. The molecule has 0 aromatic carbocycles. The van der Waals surface area contributed by atoms with Gasteiger partial charge in [-0.15, -0.1) is 0 Å². The van der Waals surface area contributed by atoms with Crippen molar-refractivity contribution in [2.45, 2.75) is 26.2 Å². The van der Waals surface area contributed by atoms with Crippen molar-refractivity contribution >= 4 is 5.91 Å². The van der Waals surface area contributed by atoms with E-state index < -0.39 is 0 Å². The standard InChI is InChI=1S/C15H23N3O/c1-12-9-14(11-17-10-12)15(19)18-7-4-13(5-8-18)3-6-16-2/h9-11,13,16H,3-8H2,1-2H3. The summed E-state index contributed by atoms with van der Waals surface area (Å²) in [6.45, 7) is 4.79. The van der Waals surface area contributed by atoms with E-state index in [2.05, 4.69) is 10.3 Å². The molecular weight excluding hydrogens is 238 g/mol. The van der Waals surface area contributed by atoms with Gasteiger partial charge in [0.1, 0.15) is 0 Å². The van der Waals surface area contributed by atoms with E-state index in [0.717, 1.165) is 44.0 Å². The fourth-order valence-corrected chi connectivity index (χ4v) is 2.63. The number of hydrogen-bond donors (Lipinski definition) is 1. The Morgan fingerprint density at radius 3 is 2.79 bits per heavy atom. The first kappa shape index (κ1) is 14.0. The minimum atomic E-state index is 0.128. The SMILES string of the molecule is CNCCC1CCN(C(=O)c2cncc(C)c2)CC1. The zero-order valence-corrected chi connectivity index (χ0v) is 11.9. The number of nitrogens with zero attached hydrogens (tertiary/aromatic N) is 2. The molecule has 2 rings (SSSR count). The van der Waals surface area contributed by atoms with E-state index >= 15 is 0 Å². The maximum absolute atomic E-state index is 12.3. The van der Waals surface area contributed by atoms with Crippen LogP contribution in [0.15, 0.2) is 18.5 Å². The first-order valence-electron chi connectivity index (χ1n) is 7.06. The molecule has 0 aliphatic carbocycles. The molecule has 1 N–H and O–H groups in total. The van der Waals surface area contributed by atoms with E-state index in [0.29, 0.717) is 5.56 Å². The molecule has 1 fully saturated rings. The van der Waals surface area contributed by atoms with Gasteiger partial charge in [0.05, 0.1) is 5.56 Å². The summed E-state index contributed by atoms with van der Waals surface area (Å²) < 4.78 is 0. The van der Waals surface area contributed by atoms with Crippen molar-refractivity contribution in [2.24, 2.45) is 5.92 Å². The van der Waals surface area contributed by atoms with Gasteiger partial charge in [0, 0.05) is 25.5 Å². The van der Waals surface area contributed by atoms with Crippen LogP contribution in [-0.2, 0) is 0 Å². The Balaban J connectivity index is 1.89. The average Bonchev–Trinajstić information content (AvgIpc) is 2.45. The van der Waals surface area contributed by atoms with Gasteiger partial charge < -0.3 is 10.2 Å². The van der Waals surface area contributed by atoms with Crippen molar-refractivity contribution in [3.63, 3.8) is 0 Å². The molecule has 1 aliphatic heterocycles. The van der Waals surface area contributed by atoms with Crippen molar-refractivity contribution in [2.75, 3.05) is 26.7 Å². The van der Waals surface area contributed by atoms with Crippen LogP contribution >= 0.6 is 0 Å². The van der Waals surface area contributed by atoms with Crippen LogP contribution in [-0.4, -0.2) is 42.5 Å². The van der Waals surface area contributed by atoms with Crippen LogP contribution in [0.25, 0.3) is 0 Å². The number of hydrogen-bond acceptors (Lipinski definition) is 3. The summed E-state index contributed by atoms with van der Waals surface area (Å²) in [7, 11) is 1.99. The van der Waals surface area contributed by atoms with Gasteiger partial charge in [-0.2, -0.15) is 0 Å². The highest BCUT2D eigenvalue weighted by Crippen LogP contribution is 2.21. The third-order valence-corrected chi connectivity index (χ3v) is 3.83. The normalized spacial score (nSPS) is 16.6. The number of aromatic nitrogens is 1. The maximum atomic E-state index is 12.3. The monoisotopic (exact) mass is 261 g/mol. The second kappa shape index (κ2) is 6.66. The predicted octanol–water partition coefficient (Wildman–Crippen LogP) is 1.85. The van der Waals surface area contributed by atoms with E-state index in [9.17, 15) is 4.79 Å². The number of nitrogens with one attached hydrogen (secondary N) is 1. The Morgan fingerprint density at radius 2 is 2.16 bits per heavy atom. The van der Waals surface area contributed by atoms with Crippen LogP contribution in [0.3, 0.4) is 0 Å². The summed E-state index contributed by atoms with van der Waals surface area (Å²) in [5.74, 6) is 0.885. The topological polar surface area (TPSA) is 45.2 Å². The molecule has 0 unspecified atom stereocenters. The summed E-state index contributed by atoms with van der Waals surface area (Å²) in [6.07, 6.45) is 6.90. The van der Waals surface area contributed by atoms with Crippen molar-refractivity contribution in [3.05, 3.63) is 29.6 Å². The number of rotatable bonds is 4. The zero-order chi connectivity index (χ0) is 13.7. The largest absolute Gasteiger partial charge is 0.339 e. The van der Waals surface area contributed by atoms with Gasteiger partial charge >= 0.3 is 0 Å². The van der Waals surface area contributed by atoms with Crippen LogP contribution in [0, 0.1) is 12.8 Å². The molecule has 1 aliphatic rings. The van der Waals surface area contributed by atoms with E-state index in [1.165, 1.54) is 6.42 Å². The Bertz CT molecular complexity index is 425. The highest BCUT2D eigenvalue weighted by molar-refractivity contribution is 5.94. The highest BCUT2D eigenvalue weighted by Gasteiger charge is 2.23. The Hall–Kier alpha value is -1.42. The van der Waals surface area contributed by atoms with Gasteiger partial charge in [0.2, 0.25) is 0 Å². The Kier molecular flexibility index (Phi) is 4.91. The quantitative estimate of drug-likeness (QED) is 0.899. The number of carbonyl (C=O) groups is 1. The molecule has 1 amide bonds. The number of aryl methyl sites for hydroxylation is 1. The number of piperidine rings is 1. The number of likely N-dealkylation sites (tertiary alicyclic amines) is 1. The van der Waals surface area contributed by atoms with Crippen molar-refractivity contribution in [1.29, 1.82) is 0 Å². The summed E-state index contributed by atoms with van der Waals surface area (Å²) >= 11 is 0. The third kappa shape index (κ3) is 3.77. The van der Waals surface area contributed by atoms with E-state index in [-0.39, 0.29) is 5.91 Å². The van der Waals surface area contributed by atoms with Crippen LogP contribution in [0.4, 0.5) is 0 Å². The van der Waals surface area contributed by atoms with Crippen molar-refractivity contribution < 1.29 is 4.79 Å². The van der Waals surface area contributed by atoms with Gasteiger partial charge in [-0.25, -0.2) is 0 Å². The predicted molar refractivity (Wildman–Crippen MR) is 76.1 cm³/mol. The van der Waals surface area contributed by atoms with Gasteiger partial charge in [-0.05, 0) is 57.3 Å². The number of pyridine rings is 1. The molecule has 0 atom stereocenters. The molecular formula is C15H23N3O. The van der Waals surface area contributed by atoms with Crippen molar-refractivity contribution in [1.82, 2.24) is 15.2 Å². The lowest BCUT2D eigenvalue weighted by Gasteiger charge is -2.32. The lowest BCUT2D eigenvalue weighted by molar-refractivity contribution is 0.0686. The Labute approximate surface area is 115 Å². The molecule has 104 valence electrons. The summed E-state index contributed by atoms with van der Waals surface area (Å²) in [6, 6.07) is 1.92. The second-order valence-electron chi connectivity index (χ2n) is 5.38. The molecule has 0 bridgehead atoms. The molecule has 0 spiro atoms. The maximum Gasteiger partial charge on any atom is 0.255 e. The number of carbonyl (C=O) groups excluding carboxylic acids is 1. The van der Waals surface area contributed by atoms with E-state index in [4.69, 9.17) is 0 Å². The molecule has 0 saturated carbocycles. The van der Waals surface area contributed by atoms with E-state index in [1.54, 1.807) is 12.4 Å².